The number of hydrogen-bond donors (Lipinski definition) is 2. The van der Waals surface area contributed by atoms with Crippen LogP contribution in [0.1, 0.15) is 44.9 Å². The number of aliphatic hydroxyl groups is 1. The number of carboxylic acid groups (broad SMARTS) is 1. The van der Waals surface area contributed by atoms with E-state index in [4.69, 9.17) is 5.11 Å². The maximum Gasteiger partial charge on any atom is 0.326 e. The van der Waals surface area contributed by atoms with Crippen LogP contribution in [-0.4, -0.2) is 45.7 Å². The molecule has 5 heteroatoms. The lowest BCUT2D eigenvalue weighted by Gasteiger charge is -2.25. The maximum atomic E-state index is 12.4. The van der Waals surface area contributed by atoms with E-state index in [1.54, 1.807) is 0 Å². The monoisotopic (exact) mass is 255 g/mol. The van der Waals surface area contributed by atoms with Crippen LogP contribution in [0.4, 0.5) is 0 Å². The maximum absolute atomic E-state index is 12.4. The molecule has 2 aliphatic rings. The van der Waals surface area contributed by atoms with Gasteiger partial charge in [0, 0.05) is 18.9 Å². The van der Waals surface area contributed by atoms with E-state index in [9.17, 15) is 14.7 Å². The number of hydrogen-bond acceptors (Lipinski definition) is 3. The highest BCUT2D eigenvalue weighted by atomic mass is 16.4. The third kappa shape index (κ3) is 2.83. The topological polar surface area (TPSA) is 77.8 Å². The van der Waals surface area contributed by atoms with Crippen LogP contribution in [0.15, 0.2) is 0 Å². The van der Waals surface area contributed by atoms with Crippen LogP contribution in [0.5, 0.6) is 0 Å². The standard InChI is InChI=1S/C13H21NO4/c15-10-7-11(13(17)18)14(8-10)12(16)9-5-3-1-2-4-6-9/h9-11,15H,1-8H2,(H,17,18)/t10-,11-/m1/s1. The summed E-state index contributed by atoms with van der Waals surface area (Å²) < 4.78 is 0. The van der Waals surface area contributed by atoms with Gasteiger partial charge in [-0.1, -0.05) is 25.7 Å². The van der Waals surface area contributed by atoms with Crippen molar-refractivity contribution in [2.75, 3.05) is 6.54 Å². The number of β-amino-alcohol motifs (C(OH)–C–C–N with tert-alkyl or cyclic N) is 1. The van der Waals surface area contributed by atoms with Crippen LogP contribution in [0.3, 0.4) is 0 Å². The fourth-order valence-electron chi connectivity index (χ4n) is 3.05. The molecule has 5 nitrogen and oxygen atoms in total. The first kappa shape index (κ1) is 13.3. The lowest BCUT2D eigenvalue weighted by molar-refractivity contribution is -0.150. The van der Waals surface area contributed by atoms with Crippen LogP contribution in [0.2, 0.25) is 0 Å². The van der Waals surface area contributed by atoms with Gasteiger partial charge in [-0.3, -0.25) is 4.79 Å². The predicted molar refractivity (Wildman–Crippen MR) is 65.0 cm³/mol. The molecule has 0 aromatic carbocycles. The minimum absolute atomic E-state index is 0.0420. The summed E-state index contributed by atoms with van der Waals surface area (Å²) >= 11 is 0. The summed E-state index contributed by atoms with van der Waals surface area (Å²) in [4.78, 5) is 24.9. The first-order valence-electron chi connectivity index (χ1n) is 6.81. The van der Waals surface area contributed by atoms with E-state index in [2.05, 4.69) is 0 Å². The molecule has 1 saturated carbocycles. The molecular formula is C13H21NO4. The Bertz CT molecular complexity index is 323. The van der Waals surface area contributed by atoms with Gasteiger partial charge in [0.15, 0.2) is 0 Å². The Balaban J connectivity index is 2.04. The molecule has 2 rings (SSSR count). The Hall–Kier alpha value is -1.10. The third-order valence-corrected chi connectivity index (χ3v) is 4.05. The summed E-state index contributed by atoms with van der Waals surface area (Å²) in [5.41, 5.74) is 0. The van der Waals surface area contributed by atoms with Crippen LogP contribution in [0, 0.1) is 5.92 Å². The predicted octanol–water partition coefficient (Wildman–Crippen LogP) is 1.00. The van der Waals surface area contributed by atoms with Gasteiger partial charge in [-0.05, 0) is 12.8 Å². The summed E-state index contributed by atoms with van der Waals surface area (Å²) in [5.74, 6) is -1.12. The van der Waals surface area contributed by atoms with Crippen molar-refractivity contribution in [2.24, 2.45) is 5.92 Å². The van der Waals surface area contributed by atoms with Crippen LogP contribution in [0.25, 0.3) is 0 Å². The highest BCUT2D eigenvalue weighted by molar-refractivity contribution is 5.85. The van der Waals surface area contributed by atoms with Gasteiger partial charge in [0.1, 0.15) is 6.04 Å². The van der Waals surface area contributed by atoms with Crippen molar-refractivity contribution in [3.05, 3.63) is 0 Å². The summed E-state index contributed by atoms with van der Waals surface area (Å²) in [5, 5.41) is 18.7. The van der Waals surface area contributed by atoms with Crippen molar-refractivity contribution < 1.29 is 19.8 Å². The van der Waals surface area contributed by atoms with Crippen molar-refractivity contribution in [1.29, 1.82) is 0 Å². The first-order valence-corrected chi connectivity index (χ1v) is 6.81. The number of amides is 1. The zero-order valence-corrected chi connectivity index (χ0v) is 10.5. The van der Waals surface area contributed by atoms with Crippen LogP contribution < -0.4 is 0 Å². The second kappa shape index (κ2) is 5.69. The van der Waals surface area contributed by atoms with Gasteiger partial charge in [-0.2, -0.15) is 0 Å². The summed E-state index contributed by atoms with van der Waals surface area (Å²) in [7, 11) is 0. The lowest BCUT2D eigenvalue weighted by Crippen LogP contribution is -2.43. The molecule has 2 fully saturated rings. The fourth-order valence-corrected chi connectivity index (χ4v) is 3.05. The SMILES string of the molecule is O=C(O)[C@H]1C[C@@H](O)CN1C(=O)C1CCCCCC1. The summed E-state index contributed by atoms with van der Waals surface area (Å²) in [6.45, 7) is 0.173. The molecule has 1 heterocycles. The number of aliphatic hydroxyl groups excluding tert-OH is 1. The third-order valence-electron chi connectivity index (χ3n) is 4.05. The van der Waals surface area contributed by atoms with Crippen LogP contribution >= 0.6 is 0 Å². The lowest BCUT2D eigenvalue weighted by atomic mass is 9.98. The highest BCUT2D eigenvalue weighted by Crippen LogP contribution is 2.28. The number of carbonyl (C=O) groups is 2. The number of likely N-dealkylation sites (tertiary alicyclic amines) is 1. The van der Waals surface area contributed by atoms with Gasteiger partial charge in [0.25, 0.3) is 0 Å². The number of nitrogens with zero attached hydrogens (tertiary/aromatic N) is 1. The fraction of sp³-hybridized carbons (Fsp3) is 0.846. The molecule has 0 spiro atoms. The molecule has 1 saturated heterocycles. The normalized spacial score (nSPS) is 30.2. The van der Waals surface area contributed by atoms with Gasteiger partial charge in [-0.15, -0.1) is 0 Å². The molecule has 1 aliphatic carbocycles. The number of carboxylic acids is 1. The molecule has 18 heavy (non-hydrogen) atoms. The van der Waals surface area contributed by atoms with Crippen molar-refractivity contribution >= 4 is 11.9 Å². The Morgan fingerprint density at radius 1 is 1.06 bits per heavy atom. The highest BCUT2D eigenvalue weighted by Gasteiger charge is 2.40. The Kier molecular flexibility index (Phi) is 4.22. The Morgan fingerprint density at radius 2 is 1.67 bits per heavy atom. The Labute approximate surface area is 107 Å². The molecule has 0 unspecified atom stereocenters. The molecule has 1 aliphatic heterocycles. The van der Waals surface area contributed by atoms with Gasteiger partial charge >= 0.3 is 5.97 Å². The van der Waals surface area contributed by atoms with Crippen molar-refractivity contribution in [3.8, 4) is 0 Å². The molecule has 102 valence electrons. The van der Waals surface area contributed by atoms with Crippen molar-refractivity contribution in [2.45, 2.75) is 57.1 Å². The summed E-state index contributed by atoms with van der Waals surface area (Å²) in [6.07, 6.45) is 5.60. The van der Waals surface area contributed by atoms with Gasteiger partial charge < -0.3 is 15.1 Å². The van der Waals surface area contributed by atoms with Crippen molar-refractivity contribution in [3.63, 3.8) is 0 Å². The zero-order valence-electron chi connectivity index (χ0n) is 10.5. The van der Waals surface area contributed by atoms with E-state index >= 15 is 0 Å². The summed E-state index contributed by atoms with van der Waals surface area (Å²) in [6, 6.07) is -0.837. The molecule has 2 atom stereocenters. The first-order chi connectivity index (χ1) is 8.59. The molecule has 0 bridgehead atoms. The van der Waals surface area contributed by atoms with E-state index in [0.29, 0.717) is 0 Å². The molecular weight excluding hydrogens is 234 g/mol. The smallest absolute Gasteiger partial charge is 0.326 e. The number of aliphatic carboxylic acids is 1. The average Bonchev–Trinajstić information content (AvgIpc) is 2.56. The average molecular weight is 255 g/mol. The van der Waals surface area contributed by atoms with Crippen LogP contribution in [-0.2, 0) is 9.59 Å². The second-order valence-corrected chi connectivity index (χ2v) is 5.42. The zero-order chi connectivity index (χ0) is 13.1. The molecule has 1 amide bonds. The largest absolute Gasteiger partial charge is 0.480 e. The molecule has 0 aromatic heterocycles. The van der Waals surface area contributed by atoms with Gasteiger partial charge in [-0.25, -0.2) is 4.79 Å². The van der Waals surface area contributed by atoms with E-state index in [1.807, 2.05) is 0 Å². The van der Waals surface area contributed by atoms with Gasteiger partial charge in [0.2, 0.25) is 5.91 Å². The molecule has 0 radical (unpaired) electrons. The minimum Gasteiger partial charge on any atom is -0.480 e. The molecule has 0 aromatic rings. The Morgan fingerprint density at radius 3 is 2.22 bits per heavy atom. The van der Waals surface area contributed by atoms with Gasteiger partial charge in [0.05, 0.1) is 6.10 Å². The number of rotatable bonds is 2. The van der Waals surface area contributed by atoms with E-state index in [0.717, 1.165) is 38.5 Å². The second-order valence-electron chi connectivity index (χ2n) is 5.42. The van der Waals surface area contributed by atoms with Crippen molar-refractivity contribution in [1.82, 2.24) is 4.90 Å². The van der Waals surface area contributed by atoms with E-state index in [1.165, 1.54) is 4.90 Å². The quantitative estimate of drug-likeness (QED) is 0.722. The van der Waals surface area contributed by atoms with E-state index in [-0.39, 0.29) is 24.8 Å². The number of carbonyl (C=O) groups excluding carboxylic acids is 1. The minimum atomic E-state index is -1.01. The molecule has 2 N–H and O–H groups in total. The van der Waals surface area contributed by atoms with E-state index < -0.39 is 18.1 Å².